The lowest BCUT2D eigenvalue weighted by molar-refractivity contribution is -0.126. The lowest BCUT2D eigenvalue weighted by atomic mass is 9.96. The molecular formula is C20H26FN3O3. The van der Waals surface area contributed by atoms with E-state index in [0.717, 1.165) is 19.3 Å². The molecule has 1 saturated heterocycles. The number of urea groups is 1. The van der Waals surface area contributed by atoms with Crippen LogP contribution < -0.4 is 15.4 Å². The van der Waals surface area contributed by atoms with Crippen molar-refractivity contribution in [2.24, 2.45) is 5.92 Å². The Hall–Kier alpha value is -2.31. The summed E-state index contributed by atoms with van der Waals surface area (Å²) in [4.78, 5) is 26.6. The van der Waals surface area contributed by atoms with Gasteiger partial charge in [-0.15, -0.1) is 0 Å². The molecule has 0 spiro atoms. The summed E-state index contributed by atoms with van der Waals surface area (Å²) in [5, 5.41) is 6.09. The number of carbonyl (C=O) groups is 2. The monoisotopic (exact) mass is 375 g/mol. The first-order valence-corrected chi connectivity index (χ1v) is 9.88. The van der Waals surface area contributed by atoms with Gasteiger partial charge in [-0.1, -0.05) is 0 Å². The third-order valence-corrected chi connectivity index (χ3v) is 5.62. The third-order valence-electron chi connectivity index (χ3n) is 5.62. The molecule has 3 amide bonds. The van der Waals surface area contributed by atoms with E-state index in [1.54, 1.807) is 11.0 Å². The van der Waals surface area contributed by atoms with E-state index in [1.807, 2.05) is 0 Å². The fourth-order valence-electron chi connectivity index (χ4n) is 3.83. The van der Waals surface area contributed by atoms with Crippen molar-refractivity contribution in [2.45, 2.75) is 50.6 Å². The minimum atomic E-state index is -0.332. The maximum atomic E-state index is 13.7. The highest BCUT2D eigenvalue weighted by molar-refractivity contribution is 5.80. The minimum absolute atomic E-state index is 0.00393. The number of rotatable bonds is 3. The van der Waals surface area contributed by atoms with Crippen molar-refractivity contribution < 1.29 is 18.7 Å². The van der Waals surface area contributed by atoms with Crippen LogP contribution >= 0.6 is 0 Å². The second-order valence-corrected chi connectivity index (χ2v) is 7.72. The van der Waals surface area contributed by atoms with E-state index < -0.39 is 0 Å². The average Bonchev–Trinajstić information content (AvgIpc) is 3.50. The van der Waals surface area contributed by atoms with Gasteiger partial charge in [-0.25, -0.2) is 9.18 Å². The van der Waals surface area contributed by atoms with Gasteiger partial charge in [0.1, 0.15) is 11.6 Å². The Balaban J connectivity index is 1.34. The van der Waals surface area contributed by atoms with Crippen molar-refractivity contribution in [1.82, 2.24) is 15.5 Å². The van der Waals surface area contributed by atoms with Crippen molar-refractivity contribution in [3.05, 3.63) is 29.6 Å². The Morgan fingerprint density at radius 2 is 1.85 bits per heavy atom. The smallest absolute Gasteiger partial charge is 0.317 e. The fourth-order valence-corrected chi connectivity index (χ4v) is 3.83. The Labute approximate surface area is 158 Å². The third kappa shape index (κ3) is 4.34. The summed E-state index contributed by atoms with van der Waals surface area (Å²) in [6.07, 6.45) is 5.05. The molecule has 1 aliphatic carbocycles. The SMILES string of the molecule is O=C(NC1CC1)C1CCN(C(=O)N[C@H]2CCCOc3ccc(F)cc32)CC1. The van der Waals surface area contributed by atoms with Crippen LogP contribution in [-0.2, 0) is 4.79 Å². The van der Waals surface area contributed by atoms with Crippen molar-refractivity contribution in [1.29, 1.82) is 0 Å². The van der Waals surface area contributed by atoms with E-state index in [-0.39, 0.29) is 29.7 Å². The predicted octanol–water partition coefficient (Wildman–Crippen LogP) is 2.74. The van der Waals surface area contributed by atoms with E-state index in [4.69, 9.17) is 4.74 Å². The van der Waals surface area contributed by atoms with Gasteiger partial charge in [-0.3, -0.25) is 4.79 Å². The second kappa shape index (κ2) is 7.74. The molecule has 0 bridgehead atoms. The summed E-state index contributed by atoms with van der Waals surface area (Å²) in [7, 11) is 0. The predicted molar refractivity (Wildman–Crippen MR) is 97.9 cm³/mol. The lowest BCUT2D eigenvalue weighted by Crippen LogP contribution is -2.47. The van der Waals surface area contributed by atoms with E-state index in [2.05, 4.69) is 10.6 Å². The molecule has 2 aliphatic heterocycles. The van der Waals surface area contributed by atoms with Gasteiger partial charge in [0.2, 0.25) is 5.91 Å². The average molecular weight is 375 g/mol. The molecule has 1 atom stereocenters. The van der Waals surface area contributed by atoms with Gasteiger partial charge in [0.25, 0.3) is 0 Å². The van der Waals surface area contributed by atoms with Crippen LogP contribution in [0.2, 0.25) is 0 Å². The number of ether oxygens (including phenoxy) is 1. The molecular weight excluding hydrogens is 349 g/mol. The second-order valence-electron chi connectivity index (χ2n) is 7.72. The molecule has 2 fully saturated rings. The molecule has 7 heteroatoms. The Kier molecular flexibility index (Phi) is 5.18. The first kappa shape index (κ1) is 18.1. The van der Waals surface area contributed by atoms with Gasteiger partial charge < -0.3 is 20.3 Å². The molecule has 2 heterocycles. The zero-order chi connectivity index (χ0) is 18.8. The molecule has 1 aromatic rings. The number of nitrogens with zero attached hydrogens (tertiary/aromatic N) is 1. The van der Waals surface area contributed by atoms with Crippen LogP contribution in [0.5, 0.6) is 5.75 Å². The largest absolute Gasteiger partial charge is 0.493 e. The number of carbonyl (C=O) groups excluding carboxylic acids is 2. The first-order chi connectivity index (χ1) is 13.1. The Bertz CT molecular complexity index is 714. The van der Waals surface area contributed by atoms with Crippen LogP contribution in [0.1, 0.15) is 50.1 Å². The molecule has 146 valence electrons. The van der Waals surface area contributed by atoms with Crippen molar-refractivity contribution in [3.8, 4) is 5.75 Å². The zero-order valence-electron chi connectivity index (χ0n) is 15.4. The van der Waals surface area contributed by atoms with E-state index in [0.29, 0.717) is 56.3 Å². The quantitative estimate of drug-likeness (QED) is 0.853. The summed E-state index contributed by atoms with van der Waals surface area (Å²) in [5.74, 6) is 0.425. The van der Waals surface area contributed by atoms with E-state index in [9.17, 15) is 14.0 Å². The first-order valence-electron chi connectivity index (χ1n) is 9.88. The maximum Gasteiger partial charge on any atom is 0.317 e. The number of likely N-dealkylation sites (tertiary alicyclic amines) is 1. The van der Waals surface area contributed by atoms with Crippen LogP contribution in [0.4, 0.5) is 9.18 Å². The molecule has 0 radical (unpaired) electrons. The zero-order valence-corrected chi connectivity index (χ0v) is 15.4. The number of piperidine rings is 1. The lowest BCUT2D eigenvalue weighted by Gasteiger charge is -2.32. The number of halogens is 1. The van der Waals surface area contributed by atoms with Crippen LogP contribution in [0, 0.1) is 11.7 Å². The molecule has 6 nitrogen and oxygen atoms in total. The van der Waals surface area contributed by atoms with Gasteiger partial charge in [-0.05, 0) is 56.7 Å². The van der Waals surface area contributed by atoms with Crippen molar-refractivity contribution in [2.75, 3.05) is 19.7 Å². The van der Waals surface area contributed by atoms with Crippen molar-refractivity contribution >= 4 is 11.9 Å². The van der Waals surface area contributed by atoms with Crippen LogP contribution in [-0.4, -0.2) is 42.6 Å². The molecule has 1 aromatic carbocycles. The molecule has 0 unspecified atom stereocenters. The number of fused-ring (bicyclic) bond motifs is 1. The minimum Gasteiger partial charge on any atom is -0.493 e. The van der Waals surface area contributed by atoms with E-state index >= 15 is 0 Å². The highest BCUT2D eigenvalue weighted by Crippen LogP contribution is 2.32. The number of hydrogen-bond donors (Lipinski definition) is 2. The molecule has 2 N–H and O–H groups in total. The highest BCUT2D eigenvalue weighted by atomic mass is 19.1. The van der Waals surface area contributed by atoms with Crippen LogP contribution in [0.25, 0.3) is 0 Å². The van der Waals surface area contributed by atoms with Gasteiger partial charge in [-0.2, -0.15) is 0 Å². The van der Waals surface area contributed by atoms with Gasteiger partial charge in [0.05, 0.1) is 12.6 Å². The molecule has 27 heavy (non-hydrogen) atoms. The maximum absolute atomic E-state index is 13.7. The standard InChI is InChI=1S/C20H26FN3O3/c21-14-3-6-18-16(12-14)17(2-1-11-27-18)23-20(26)24-9-7-13(8-10-24)19(25)22-15-4-5-15/h3,6,12-13,15,17H,1-2,4-5,7-11H2,(H,22,25)(H,23,26)/t17-/m0/s1. The number of benzene rings is 1. The van der Waals surface area contributed by atoms with Crippen molar-refractivity contribution in [3.63, 3.8) is 0 Å². The van der Waals surface area contributed by atoms with Gasteiger partial charge in [0.15, 0.2) is 0 Å². The van der Waals surface area contributed by atoms with Crippen LogP contribution in [0.15, 0.2) is 18.2 Å². The molecule has 3 aliphatic rings. The summed E-state index contributed by atoms with van der Waals surface area (Å²) in [6, 6.07) is 4.40. The normalized spacial score (nSPS) is 23.0. The summed E-state index contributed by atoms with van der Waals surface area (Å²) >= 11 is 0. The van der Waals surface area contributed by atoms with E-state index in [1.165, 1.54) is 12.1 Å². The topological polar surface area (TPSA) is 70.7 Å². The van der Waals surface area contributed by atoms with Gasteiger partial charge >= 0.3 is 6.03 Å². The van der Waals surface area contributed by atoms with Gasteiger partial charge in [0, 0.05) is 30.6 Å². The molecule has 1 saturated carbocycles. The fraction of sp³-hybridized carbons (Fsp3) is 0.600. The summed E-state index contributed by atoms with van der Waals surface area (Å²) < 4.78 is 19.4. The Morgan fingerprint density at radius 3 is 2.59 bits per heavy atom. The van der Waals surface area contributed by atoms with Crippen LogP contribution in [0.3, 0.4) is 0 Å². The Morgan fingerprint density at radius 1 is 1.07 bits per heavy atom. The number of nitrogens with one attached hydrogen (secondary N) is 2. The summed E-state index contributed by atoms with van der Waals surface area (Å²) in [5.41, 5.74) is 0.694. The molecule has 4 rings (SSSR count). The highest BCUT2D eigenvalue weighted by Gasteiger charge is 2.32. The number of hydrogen-bond acceptors (Lipinski definition) is 3. The molecule has 0 aromatic heterocycles. The summed E-state index contributed by atoms with van der Waals surface area (Å²) in [6.45, 7) is 1.69. The number of amides is 3.